The van der Waals surface area contributed by atoms with Gasteiger partial charge in [-0.05, 0) is 31.4 Å². The van der Waals surface area contributed by atoms with Gasteiger partial charge in [0, 0.05) is 19.2 Å². The standard InChI is InChI=1S/C15H18FNO4/c1-10-2-3-12(16)8-13(10)21-9-14(18)17-6-4-11(5-7-17)15(19)20/h2-3,8,11H,4-7,9H2,1H3,(H,19,20). The van der Waals surface area contributed by atoms with Crippen molar-refractivity contribution < 1.29 is 23.8 Å². The number of aliphatic carboxylic acids is 1. The molecule has 0 radical (unpaired) electrons. The largest absolute Gasteiger partial charge is 0.483 e. The van der Waals surface area contributed by atoms with E-state index in [1.807, 2.05) is 0 Å². The molecule has 2 rings (SSSR count). The summed E-state index contributed by atoms with van der Waals surface area (Å²) in [7, 11) is 0. The van der Waals surface area contributed by atoms with Crippen LogP contribution < -0.4 is 4.74 Å². The van der Waals surface area contributed by atoms with Gasteiger partial charge in [-0.3, -0.25) is 9.59 Å². The van der Waals surface area contributed by atoms with E-state index in [1.165, 1.54) is 12.1 Å². The zero-order chi connectivity index (χ0) is 15.4. The molecule has 1 heterocycles. The fourth-order valence-corrected chi connectivity index (χ4v) is 2.34. The van der Waals surface area contributed by atoms with E-state index in [2.05, 4.69) is 0 Å². The second-order valence-electron chi connectivity index (χ2n) is 5.19. The number of benzene rings is 1. The number of hydrogen-bond donors (Lipinski definition) is 1. The Labute approximate surface area is 122 Å². The third kappa shape index (κ3) is 3.93. The lowest BCUT2D eigenvalue weighted by molar-refractivity contribution is -0.146. The minimum absolute atomic E-state index is 0.165. The summed E-state index contributed by atoms with van der Waals surface area (Å²) in [6, 6.07) is 4.17. The summed E-state index contributed by atoms with van der Waals surface area (Å²) in [5.41, 5.74) is 0.758. The molecule has 1 fully saturated rings. The van der Waals surface area contributed by atoms with Gasteiger partial charge in [0.25, 0.3) is 5.91 Å². The van der Waals surface area contributed by atoms with Crippen molar-refractivity contribution in [1.82, 2.24) is 4.90 Å². The Morgan fingerprint density at radius 2 is 2.05 bits per heavy atom. The smallest absolute Gasteiger partial charge is 0.306 e. The number of carbonyl (C=O) groups is 2. The minimum Gasteiger partial charge on any atom is -0.483 e. The Bertz CT molecular complexity index is 538. The van der Waals surface area contributed by atoms with Gasteiger partial charge in [-0.15, -0.1) is 0 Å². The van der Waals surface area contributed by atoms with Crippen LogP contribution in [0.2, 0.25) is 0 Å². The first-order valence-electron chi connectivity index (χ1n) is 6.87. The number of carbonyl (C=O) groups excluding carboxylic acids is 1. The van der Waals surface area contributed by atoms with E-state index in [1.54, 1.807) is 17.9 Å². The third-order valence-corrected chi connectivity index (χ3v) is 3.70. The Morgan fingerprint density at radius 1 is 1.38 bits per heavy atom. The summed E-state index contributed by atoms with van der Waals surface area (Å²) in [6.07, 6.45) is 0.917. The summed E-state index contributed by atoms with van der Waals surface area (Å²) in [6.45, 7) is 2.45. The molecule has 6 heteroatoms. The van der Waals surface area contributed by atoms with Gasteiger partial charge in [0.05, 0.1) is 5.92 Å². The van der Waals surface area contributed by atoms with E-state index >= 15 is 0 Å². The highest BCUT2D eigenvalue weighted by atomic mass is 19.1. The maximum atomic E-state index is 13.1. The molecule has 0 unspecified atom stereocenters. The van der Waals surface area contributed by atoms with E-state index in [4.69, 9.17) is 9.84 Å². The van der Waals surface area contributed by atoms with Crippen molar-refractivity contribution >= 4 is 11.9 Å². The maximum Gasteiger partial charge on any atom is 0.306 e. The van der Waals surface area contributed by atoms with Crippen molar-refractivity contribution in [3.05, 3.63) is 29.6 Å². The molecule has 114 valence electrons. The minimum atomic E-state index is -0.811. The Hall–Kier alpha value is -2.11. The molecule has 21 heavy (non-hydrogen) atoms. The Morgan fingerprint density at radius 3 is 2.67 bits per heavy atom. The number of nitrogens with zero attached hydrogens (tertiary/aromatic N) is 1. The van der Waals surface area contributed by atoms with E-state index < -0.39 is 11.8 Å². The zero-order valence-electron chi connectivity index (χ0n) is 11.8. The topological polar surface area (TPSA) is 66.8 Å². The number of aryl methyl sites for hydroxylation is 1. The van der Waals surface area contributed by atoms with Gasteiger partial charge in [0.1, 0.15) is 11.6 Å². The molecular weight excluding hydrogens is 277 g/mol. The van der Waals surface area contributed by atoms with Crippen LogP contribution in [0, 0.1) is 18.7 Å². The van der Waals surface area contributed by atoms with Crippen LogP contribution in [-0.2, 0) is 9.59 Å². The number of carboxylic acid groups (broad SMARTS) is 1. The molecule has 1 aromatic rings. The SMILES string of the molecule is Cc1ccc(F)cc1OCC(=O)N1CCC(C(=O)O)CC1. The van der Waals surface area contributed by atoms with Crippen molar-refractivity contribution in [2.45, 2.75) is 19.8 Å². The molecule has 0 aromatic heterocycles. The molecule has 1 saturated heterocycles. The normalized spacial score (nSPS) is 15.8. The van der Waals surface area contributed by atoms with Gasteiger partial charge in [-0.25, -0.2) is 4.39 Å². The molecule has 5 nitrogen and oxygen atoms in total. The average Bonchev–Trinajstić information content (AvgIpc) is 2.48. The van der Waals surface area contributed by atoms with Crippen molar-refractivity contribution in [2.75, 3.05) is 19.7 Å². The number of likely N-dealkylation sites (tertiary alicyclic amines) is 1. The number of rotatable bonds is 4. The van der Waals surface area contributed by atoms with Gasteiger partial charge in [0.15, 0.2) is 6.61 Å². The lowest BCUT2D eigenvalue weighted by Gasteiger charge is -2.30. The highest BCUT2D eigenvalue weighted by molar-refractivity contribution is 5.78. The van der Waals surface area contributed by atoms with Crippen LogP contribution >= 0.6 is 0 Å². The van der Waals surface area contributed by atoms with Crippen LogP contribution in [0.25, 0.3) is 0 Å². The van der Waals surface area contributed by atoms with Crippen LogP contribution in [0.15, 0.2) is 18.2 Å². The van der Waals surface area contributed by atoms with Gasteiger partial charge < -0.3 is 14.7 Å². The molecule has 0 saturated carbocycles. The zero-order valence-corrected chi connectivity index (χ0v) is 11.8. The Balaban J connectivity index is 1.85. The Kier molecular flexibility index (Phi) is 4.77. The van der Waals surface area contributed by atoms with Crippen LogP contribution in [0.1, 0.15) is 18.4 Å². The van der Waals surface area contributed by atoms with Gasteiger partial charge in [0.2, 0.25) is 0 Å². The first kappa shape index (κ1) is 15.3. The molecule has 1 aliphatic rings. The summed E-state index contributed by atoms with van der Waals surface area (Å²) in [5.74, 6) is -1.45. The van der Waals surface area contributed by atoms with Crippen LogP contribution in [0.4, 0.5) is 4.39 Å². The summed E-state index contributed by atoms with van der Waals surface area (Å²) in [5, 5.41) is 8.91. The molecule has 1 N–H and O–H groups in total. The highest BCUT2D eigenvalue weighted by Gasteiger charge is 2.27. The number of carboxylic acids is 1. The molecule has 0 bridgehead atoms. The van der Waals surface area contributed by atoms with E-state index in [9.17, 15) is 14.0 Å². The quantitative estimate of drug-likeness (QED) is 0.920. The molecular formula is C15H18FNO4. The second kappa shape index (κ2) is 6.56. The van der Waals surface area contributed by atoms with Crippen molar-refractivity contribution in [3.63, 3.8) is 0 Å². The summed E-state index contributed by atoms with van der Waals surface area (Å²) >= 11 is 0. The van der Waals surface area contributed by atoms with Gasteiger partial charge >= 0.3 is 5.97 Å². The fraction of sp³-hybridized carbons (Fsp3) is 0.467. The van der Waals surface area contributed by atoms with E-state index in [0.717, 1.165) is 5.56 Å². The van der Waals surface area contributed by atoms with Crippen molar-refractivity contribution in [3.8, 4) is 5.75 Å². The lowest BCUT2D eigenvalue weighted by atomic mass is 9.97. The molecule has 0 spiro atoms. The van der Waals surface area contributed by atoms with Crippen LogP contribution in [0.3, 0.4) is 0 Å². The number of piperidine rings is 1. The number of halogens is 1. The third-order valence-electron chi connectivity index (χ3n) is 3.70. The summed E-state index contributed by atoms with van der Waals surface area (Å²) in [4.78, 5) is 24.4. The fourth-order valence-electron chi connectivity index (χ4n) is 2.34. The van der Waals surface area contributed by atoms with Crippen LogP contribution in [-0.4, -0.2) is 41.6 Å². The molecule has 0 atom stereocenters. The van der Waals surface area contributed by atoms with Crippen molar-refractivity contribution in [1.29, 1.82) is 0 Å². The van der Waals surface area contributed by atoms with Crippen molar-refractivity contribution in [2.24, 2.45) is 5.92 Å². The van der Waals surface area contributed by atoms with Gasteiger partial charge in [-0.2, -0.15) is 0 Å². The molecule has 0 aliphatic carbocycles. The molecule has 1 aromatic carbocycles. The molecule has 1 aliphatic heterocycles. The predicted octanol–water partition coefficient (Wildman–Crippen LogP) is 1.84. The van der Waals surface area contributed by atoms with Gasteiger partial charge in [-0.1, -0.05) is 6.07 Å². The average molecular weight is 295 g/mol. The summed E-state index contributed by atoms with van der Waals surface area (Å²) < 4.78 is 18.5. The second-order valence-corrected chi connectivity index (χ2v) is 5.19. The highest BCUT2D eigenvalue weighted by Crippen LogP contribution is 2.20. The number of hydrogen-bond acceptors (Lipinski definition) is 3. The molecule has 1 amide bonds. The first-order valence-corrected chi connectivity index (χ1v) is 6.87. The maximum absolute atomic E-state index is 13.1. The van der Waals surface area contributed by atoms with Crippen LogP contribution in [0.5, 0.6) is 5.75 Å². The first-order chi connectivity index (χ1) is 9.97. The predicted molar refractivity (Wildman–Crippen MR) is 73.6 cm³/mol. The lowest BCUT2D eigenvalue weighted by Crippen LogP contribution is -2.42. The number of ether oxygens (including phenoxy) is 1. The van der Waals surface area contributed by atoms with E-state index in [-0.39, 0.29) is 18.4 Å². The van der Waals surface area contributed by atoms with E-state index in [0.29, 0.717) is 31.7 Å². The number of amides is 1. The monoisotopic (exact) mass is 295 g/mol.